The molecule has 0 unspecified atom stereocenters. The highest BCUT2D eigenvalue weighted by atomic mass is 32.2. The Labute approximate surface area is 115 Å². The van der Waals surface area contributed by atoms with Crippen molar-refractivity contribution in [3.63, 3.8) is 0 Å². The van der Waals surface area contributed by atoms with E-state index in [1.165, 1.54) is 0 Å². The molecule has 3 heteroatoms. The SMILES string of the molecule is Cc1ccc(C)c(S(=O)(=O)c2cc(C)ccc2C)c1. The van der Waals surface area contributed by atoms with Gasteiger partial charge in [-0.1, -0.05) is 24.3 Å². The Hall–Kier alpha value is -1.61. The zero-order chi connectivity index (χ0) is 14.2. The molecule has 0 aromatic heterocycles. The third kappa shape index (κ3) is 2.56. The van der Waals surface area contributed by atoms with Crippen molar-refractivity contribution in [2.24, 2.45) is 0 Å². The maximum absolute atomic E-state index is 12.8. The Bertz CT molecular complexity index is 671. The van der Waals surface area contributed by atoms with Gasteiger partial charge in [-0.15, -0.1) is 0 Å². The minimum atomic E-state index is -3.45. The molecule has 2 nitrogen and oxygen atoms in total. The number of rotatable bonds is 2. The van der Waals surface area contributed by atoms with E-state index in [1.807, 2.05) is 52.0 Å². The molecule has 0 aliphatic carbocycles. The van der Waals surface area contributed by atoms with Gasteiger partial charge >= 0.3 is 0 Å². The van der Waals surface area contributed by atoms with Gasteiger partial charge in [0.15, 0.2) is 0 Å². The van der Waals surface area contributed by atoms with Crippen LogP contribution in [0.15, 0.2) is 46.2 Å². The van der Waals surface area contributed by atoms with Crippen molar-refractivity contribution >= 4 is 9.84 Å². The molecule has 0 saturated carbocycles. The first-order valence-corrected chi connectivity index (χ1v) is 7.70. The number of hydrogen-bond acceptors (Lipinski definition) is 2. The first kappa shape index (κ1) is 13.8. The van der Waals surface area contributed by atoms with E-state index in [-0.39, 0.29) is 0 Å². The van der Waals surface area contributed by atoms with Crippen LogP contribution in [0.5, 0.6) is 0 Å². The Balaban J connectivity index is 2.72. The average molecular weight is 274 g/mol. The molecule has 0 aliphatic rings. The van der Waals surface area contributed by atoms with E-state index in [4.69, 9.17) is 0 Å². The second-order valence-electron chi connectivity index (χ2n) is 5.04. The van der Waals surface area contributed by atoms with Gasteiger partial charge in [-0.2, -0.15) is 0 Å². The lowest BCUT2D eigenvalue weighted by atomic mass is 10.2. The van der Waals surface area contributed by atoms with Crippen molar-refractivity contribution in [1.82, 2.24) is 0 Å². The van der Waals surface area contributed by atoms with Gasteiger partial charge in [0, 0.05) is 0 Å². The van der Waals surface area contributed by atoms with Gasteiger partial charge < -0.3 is 0 Å². The lowest BCUT2D eigenvalue weighted by Gasteiger charge is -2.11. The van der Waals surface area contributed by atoms with Gasteiger partial charge in [0.1, 0.15) is 0 Å². The quantitative estimate of drug-likeness (QED) is 0.835. The lowest BCUT2D eigenvalue weighted by Crippen LogP contribution is -2.06. The molecule has 0 atom stereocenters. The second-order valence-corrected chi connectivity index (χ2v) is 6.93. The van der Waals surface area contributed by atoms with Crippen LogP contribution in [-0.4, -0.2) is 8.42 Å². The summed E-state index contributed by atoms with van der Waals surface area (Å²) in [5, 5.41) is 0. The van der Waals surface area contributed by atoms with Crippen molar-refractivity contribution in [3.05, 3.63) is 58.7 Å². The van der Waals surface area contributed by atoms with Crippen LogP contribution in [0.1, 0.15) is 22.3 Å². The van der Waals surface area contributed by atoms with Crippen molar-refractivity contribution in [1.29, 1.82) is 0 Å². The van der Waals surface area contributed by atoms with Gasteiger partial charge in [0.2, 0.25) is 9.84 Å². The Morgan fingerprint density at radius 1 is 0.684 bits per heavy atom. The van der Waals surface area contributed by atoms with Crippen LogP contribution in [0.2, 0.25) is 0 Å². The normalized spacial score (nSPS) is 11.6. The highest BCUT2D eigenvalue weighted by Crippen LogP contribution is 2.27. The summed E-state index contributed by atoms with van der Waals surface area (Å²) in [7, 11) is -3.45. The van der Waals surface area contributed by atoms with E-state index in [9.17, 15) is 8.42 Å². The molecule has 0 heterocycles. The second kappa shape index (κ2) is 4.82. The van der Waals surface area contributed by atoms with E-state index in [0.29, 0.717) is 9.79 Å². The summed E-state index contributed by atoms with van der Waals surface area (Å²) in [6.45, 7) is 7.47. The van der Waals surface area contributed by atoms with Crippen LogP contribution >= 0.6 is 0 Å². The van der Waals surface area contributed by atoms with E-state index >= 15 is 0 Å². The fourth-order valence-electron chi connectivity index (χ4n) is 2.11. The van der Waals surface area contributed by atoms with E-state index < -0.39 is 9.84 Å². The van der Waals surface area contributed by atoms with Crippen molar-refractivity contribution in [2.45, 2.75) is 37.5 Å². The van der Waals surface area contributed by atoms with Gasteiger partial charge in [-0.25, -0.2) is 8.42 Å². The molecule has 0 fully saturated rings. The molecule has 100 valence electrons. The number of benzene rings is 2. The summed E-state index contributed by atoms with van der Waals surface area (Å²) in [5.41, 5.74) is 3.47. The first-order chi connectivity index (χ1) is 8.82. The molecule has 0 bridgehead atoms. The molecule has 2 aromatic rings. The zero-order valence-corrected chi connectivity index (χ0v) is 12.5. The average Bonchev–Trinajstić information content (AvgIpc) is 2.35. The smallest absolute Gasteiger partial charge is 0.207 e. The van der Waals surface area contributed by atoms with Crippen molar-refractivity contribution in [3.8, 4) is 0 Å². The van der Waals surface area contributed by atoms with Crippen LogP contribution in [-0.2, 0) is 9.84 Å². The van der Waals surface area contributed by atoms with Gasteiger partial charge in [0.25, 0.3) is 0 Å². The van der Waals surface area contributed by atoms with E-state index in [2.05, 4.69) is 0 Å². The largest absolute Gasteiger partial charge is 0.218 e. The molecule has 0 spiro atoms. The predicted molar refractivity (Wildman–Crippen MR) is 77.3 cm³/mol. The highest BCUT2D eigenvalue weighted by Gasteiger charge is 2.22. The maximum atomic E-state index is 12.8. The Kier molecular flexibility index (Phi) is 3.50. The standard InChI is InChI=1S/C16H18O2S/c1-11-5-7-13(3)15(9-11)19(17,18)16-10-12(2)6-8-14(16)4/h5-10H,1-4H3. The fourth-order valence-corrected chi connectivity index (χ4v) is 4.01. The molecule has 2 aromatic carbocycles. The third-order valence-electron chi connectivity index (χ3n) is 3.27. The molecule has 0 amide bonds. The molecule has 0 radical (unpaired) electrons. The molecule has 0 saturated heterocycles. The Morgan fingerprint density at radius 3 is 1.42 bits per heavy atom. The van der Waals surface area contributed by atoms with Crippen molar-refractivity contribution < 1.29 is 8.42 Å². The maximum Gasteiger partial charge on any atom is 0.207 e. The molecule has 0 N–H and O–H groups in total. The van der Waals surface area contributed by atoms with Crippen LogP contribution in [0.3, 0.4) is 0 Å². The number of sulfone groups is 1. The van der Waals surface area contributed by atoms with Gasteiger partial charge in [0.05, 0.1) is 9.79 Å². The molecule has 0 aliphatic heterocycles. The third-order valence-corrected chi connectivity index (χ3v) is 5.30. The highest BCUT2D eigenvalue weighted by molar-refractivity contribution is 7.91. The van der Waals surface area contributed by atoms with Crippen LogP contribution < -0.4 is 0 Å². The minimum Gasteiger partial charge on any atom is -0.218 e. The molecule has 2 rings (SSSR count). The summed E-state index contributed by atoms with van der Waals surface area (Å²) in [6.07, 6.45) is 0. The van der Waals surface area contributed by atoms with Gasteiger partial charge in [-0.05, 0) is 62.1 Å². The topological polar surface area (TPSA) is 34.1 Å². The number of aryl methyl sites for hydroxylation is 4. The molecule has 19 heavy (non-hydrogen) atoms. The minimum absolute atomic E-state index is 0.404. The molecular formula is C16H18O2S. The summed E-state index contributed by atoms with van der Waals surface area (Å²) in [4.78, 5) is 0.808. The summed E-state index contributed by atoms with van der Waals surface area (Å²) in [6, 6.07) is 11.1. The van der Waals surface area contributed by atoms with Crippen LogP contribution in [0, 0.1) is 27.7 Å². The Morgan fingerprint density at radius 2 is 1.05 bits per heavy atom. The van der Waals surface area contributed by atoms with Crippen LogP contribution in [0.25, 0.3) is 0 Å². The van der Waals surface area contributed by atoms with Gasteiger partial charge in [-0.3, -0.25) is 0 Å². The number of hydrogen-bond donors (Lipinski definition) is 0. The summed E-state index contributed by atoms with van der Waals surface area (Å²) < 4.78 is 25.6. The first-order valence-electron chi connectivity index (χ1n) is 6.22. The fraction of sp³-hybridized carbons (Fsp3) is 0.250. The predicted octanol–water partition coefficient (Wildman–Crippen LogP) is 3.75. The monoisotopic (exact) mass is 274 g/mol. The molecular weight excluding hydrogens is 256 g/mol. The van der Waals surface area contributed by atoms with E-state index in [1.54, 1.807) is 12.1 Å². The van der Waals surface area contributed by atoms with Crippen molar-refractivity contribution in [2.75, 3.05) is 0 Å². The van der Waals surface area contributed by atoms with E-state index in [0.717, 1.165) is 22.3 Å². The summed E-state index contributed by atoms with van der Waals surface area (Å²) >= 11 is 0. The zero-order valence-electron chi connectivity index (χ0n) is 11.7. The summed E-state index contributed by atoms with van der Waals surface area (Å²) in [5.74, 6) is 0. The van der Waals surface area contributed by atoms with Crippen LogP contribution in [0.4, 0.5) is 0 Å². The lowest BCUT2D eigenvalue weighted by molar-refractivity contribution is 0.594.